The molecule has 0 N–H and O–H groups in total. The van der Waals surface area contributed by atoms with Gasteiger partial charge in [-0.3, -0.25) is 0 Å². The lowest BCUT2D eigenvalue weighted by Gasteiger charge is -2.15. The first-order chi connectivity index (χ1) is 7.81. The second-order valence-electron chi connectivity index (χ2n) is 3.22. The molecule has 100 valence electrons. The molecule has 0 spiro atoms. The quantitative estimate of drug-likeness (QED) is 0.328. The van der Waals surface area contributed by atoms with Crippen molar-refractivity contribution in [3.05, 3.63) is 12.2 Å². The van der Waals surface area contributed by atoms with Crippen molar-refractivity contribution in [2.24, 2.45) is 0 Å². The number of methoxy groups -OCH3 is 2. The van der Waals surface area contributed by atoms with Crippen molar-refractivity contribution >= 4 is 40.8 Å². The van der Waals surface area contributed by atoms with Gasteiger partial charge < -0.3 is 14.2 Å². The zero-order chi connectivity index (χ0) is 13.5. The fourth-order valence-electron chi connectivity index (χ4n) is 0.932. The van der Waals surface area contributed by atoms with E-state index in [-0.39, 0.29) is 0 Å². The van der Waals surface area contributed by atoms with Crippen LogP contribution < -0.4 is 0 Å². The maximum Gasteiger partial charge on any atom is 0.358 e. The van der Waals surface area contributed by atoms with Gasteiger partial charge in [0.1, 0.15) is 6.10 Å². The minimum atomic E-state index is -2.04. The molecule has 0 aromatic heterocycles. The summed E-state index contributed by atoms with van der Waals surface area (Å²) in [5.41, 5.74) is 0. The van der Waals surface area contributed by atoms with Crippen molar-refractivity contribution in [3.63, 3.8) is 0 Å². The summed E-state index contributed by atoms with van der Waals surface area (Å²) < 4.78 is 12.7. The number of carbonyl (C=O) groups is 1. The summed E-state index contributed by atoms with van der Waals surface area (Å²) >= 11 is 16.1. The smallest absolute Gasteiger partial charge is 0.358 e. The van der Waals surface area contributed by atoms with Gasteiger partial charge in [-0.1, -0.05) is 40.9 Å². The second kappa shape index (κ2) is 8.16. The Labute approximate surface area is 116 Å². The van der Waals surface area contributed by atoms with Gasteiger partial charge in [0, 0.05) is 20.6 Å². The topological polar surface area (TPSA) is 44.8 Å². The van der Waals surface area contributed by atoms with Crippen molar-refractivity contribution in [2.45, 2.75) is 29.5 Å². The van der Waals surface area contributed by atoms with Crippen molar-refractivity contribution in [1.29, 1.82) is 0 Å². The second-order valence-corrected chi connectivity index (χ2v) is 5.50. The molecule has 0 fully saturated rings. The summed E-state index contributed by atoms with van der Waals surface area (Å²) in [4.78, 5) is 11.2. The Morgan fingerprint density at radius 2 is 1.82 bits per heavy atom. The minimum absolute atomic E-state index is 0.399. The van der Waals surface area contributed by atoms with E-state index in [1.165, 1.54) is 14.2 Å². The Morgan fingerprint density at radius 3 is 2.24 bits per heavy atom. The van der Waals surface area contributed by atoms with E-state index < -0.39 is 22.2 Å². The van der Waals surface area contributed by atoms with Crippen LogP contribution in [-0.2, 0) is 19.0 Å². The molecule has 0 saturated heterocycles. The molecule has 0 unspecified atom stereocenters. The molecule has 0 aliphatic rings. The molecule has 0 bridgehead atoms. The number of esters is 1. The van der Waals surface area contributed by atoms with E-state index in [1.807, 2.05) is 0 Å². The summed E-state index contributed by atoms with van der Waals surface area (Å²) in [5.74, 6) is -0.890. The lowest BCUT2D eigenvalue weighted by Crippen LogP contribution is -2.26. The third kappa shape index (κ3) is 7.84. The van der Waals surface area contributed by atoms with Crippen molar-refractivity contribution in [2.75, 3.05) is 14.2 Å². The lowest BCUT2D eigenvalue weighted by molar-refractivity contribution is -0.146. The standard InChI is InChI=1S/C10H15Cl3O4/c1-7(17-9(14)10(11,12)13)5-4-6-8(15-2)16-3/h4,6-8H,5H2,1-3H3/b6-4-/t7-/m1/s1. The first-order valence-electron chi connectivity index (χ1n) is 4.81. The van der Waals surface area contributed by atoms with E-state index in [9.17, 15) is 4.79 Å². The highest BCUT2D eigenvalue weighted by atomic mass is 35.6. The molecule has 1 atom stereocenters. The Bertz CT molecular complexity index is 259. The molecular weight excluding hydrogens is 290 g/mol. The highest BCUT2D eigenvalue weighted by Crippen LogP contribution is 2.28. The predicted octanol–water partition coefficient (Wildman–Crippen LogP) is 2.85. The minimum Gasteiger partial charge on any atom is -0.459 e. The number of hydrogen-bond acceptors (Lipinski definition) is 4. The van der Waals surface area contributed by atoms with Gasteiger partial charge >= 0.3 is 5.97 Å². The highest BCUT2D eigenvalue weighted by Gasteiger charge is 2.33. The van der Waals surface area contributed by atoms with Gasteiger partial charge in [-0.05, 0) is 13.0 Å². The normalized spacial score (nSPS) is 14.3. The van der Waals surface area contributed by atoms with Crippen LogP contribution in [0.4, 0.5) is 0 Å². The maximum absolute atomic E-state index is 11.2. The molecule has 4 nitrogen and oxygen atoms in total. The van der Waals surface area contributed by atoms with E-state index in [0.29, 0.717) is 6.42 Å². The fourth-order valence-corrected chi connectivity index (χ4v) is 1.07. The Kier molecular flexibility index (Phi) is 8.16. The molecule has 0 radical (unpaired) electrons. The van der Waals surface area contributed by atoms with Crippen molar-refractivity contribution in [3.8, 4) is 0 Å². The molecule has 0 aliphatic carbocycles. The van der Waals surface area contributed by atoms with Crippen LogP contribution in [0, 0.1) is 0 Å². The summed E-state index contributed by atoms with van der Waals surface area (Å²) in [7, 11) is 3.04. The van der Waals surface area contributed by atoms with Crippen LogP contribution in [-0.4, -0.2) is 36.4 Å². The van der Waals surface area contributed by atoms with Crippen LogP contribution in [0.3, 0.4) is 0 Å². The van der Waals surface area contributed by atoms with Crippen molar-refractivity contribution < 1.29 is 19.0 Å². The number of hydrogen-bond donors (Lipinski definition) is 0. The molecule has 7 heteroatoms. The van der Waals surface area contributed by atoms with Crippen LogP contribution >= 0.6 is 34.8 Å². The predicted molar refractivity (Wildman–Crippen MR) is 67.4 cm³/mol. The zero-order valence-electron chi connectivity index (χ0n) is 9.78. The number of carbonyl (C=O) groups excluding carboxylic acids is 1. The van der Waals surface area contributed by atoms with Gasteiger partial charge in [0.15, 0.2) is 6.29 Å². The SMILES string of the molecule is COC(/C=C\C[C@@H](C)OC(=O)C(Cl)(Cl)Cl)OC. The molecule has 0 aromatic carbocycles. The zero-order valence-corrected chi connectivity index (χ0v) is 12.1. The Balaban J connectivity index is 4.03. The van der Waals surface area contributed by atoms with Gasteiger partial charge in [0.25, 0.3) is 3.79 Å². The number of alkyl halides is 3. The average molecular weight is 306 g/mol. The van der Waals surface area contributed by atoms with Crippen LogP contribution in [0.2, 0.25) is 0 Å². The largest absolute Gasteiger partial charge is 0.459 e. The van der Waals surface area contributed by atoms with Crippen LogP contribution in [0.15, 0.2) is 12.2 Å². The van der Waals surface area contributed by atoms with Gasteiger partial charge in [-0.15, -0.1) is 0 Å². The molecule has 0 aromatic rings. The molecule has 0 amide bonds. The number of ether oxygens (including phenoxy) is 3. The Morgan fingerprint density at radius 1 is 1.29 bits per heavy atom. The van der Waals surface area contributed by atoms with Gasteiger partial charge in [-0.2, -0.15) is 0 Å². The van der Waals surface area contributed by atoms with Crippen LogP contribution in [0.1, 0.15) is 13.3 Å². The van der Waals surface area contributed by atoms with Crippen molar-refractivity contribution in [1.82, 2.24) is 0 Å². The van der Waals surface area contributed by atoms with E-state index in [0.717, 1.165) is 0 Å². The number of halogens is 3. The summed E-state index contributed by atoms with van der Waals surface area (Å²) in [5, 5.41) is 0. The summed E-state index contributed by atoms with van der Waals surface area (Å²) in [6.45, 7) is 1.69. The van der Waals surface area contributed by atoms with E-state index in [1.54, 1.807) is 19.1 Å². The van der Waals surface area contributed by atoms with Gasteiger partial charge in [-0.25, -0.2) is 4.79 Å². The van der Waals surface area contributed by atoms with Crippen LogP contribution in [0.5, 0.6) is 0 Å². The molecular formula is C10H15Cl3O4. The monoisotopic (exact) mass is 304 g/mol. The fraction of sp³-hybridized carbons (Fsp3) is 0.700. The molecule has 0 rings (SSSR count). The van der Waals surface area contributed by atoms with Gasteiger partial charge in [0.05, 0.1) is 0 Å². The maximum atomic E-state index is 11.2. The van der Waals surface area contributed by atoms with E-state index >= 15 is 0 Å². The van der Waals surface area contributed by atoms with E-state index in [4.69, 9.17) is 49.0 Å². The molecule has 0 aliphatic heterocycles. The molecule has 17 heavy (non-hydrogen) atoms. The van der Waals surface area contributed by atoms with E-state index in [2.05, 4.69) is 0 Å². The average Bonchev–Trinajstić information content (AvgIpc) is 2.23. The first kappa shape index (κ1) is 17.0. The molecule has 0 saturated carbocycles. The summed E-state index contributed by atoms with van der Waals surface area (Å²) in [6, 6.07) is 0. The third-order valence-electron chi connectivity index (χ3n) is 1.77. The number of rotatable bonds is 6. The summed E-state index contributed by atoms with van der Waals surface area (Å²) in [6.07, 6.45) is 3.10. The molecule has 0 heterocycles. The van der Waals surface area contributed by atoms with Crippen LogP contribution in [0.25, 0.3) is 0 Å². The third-order valence-corrected chi connectivity index (χ3v) is 2.23. The highest BCUT2D eigenvalue weighted by molar-refractivity contribution is 6.75. The Hall–Kier alpha value is -0.0000000000000000763. The van der Waals surface area contributed by atoms with Gasteiger partial charge in [0.2, 0.25) is 0 Å². The first-order valence-corrected chi connectivity index (χ1v) is 5.94. The lowest BCUT2D eigenvalue weighted by atomic mass is 10.2.